The summed E-state index contributed by atoms with van der Waals surface area (Å²) in [7, 11) is 0. The molecule has 10 aromatic carbocycles. The number of para-hydroxylation sites is 3. The molecule has 0 saturated carbocycles. The average Bonchev–Trinajstić information content (AvgIpc) is 4.00. The van der Waals surface area contributed by atoms with Gasteiger partial charge in [0.15, 0.2) is 0 Å². The van der Waals surface area contributed by atoms with E-state index in [2.05, 4.69) is 211 Å². The van der Waals surface area contributed by atoms with Gasteiger partial charge in [-0.3, -0.25) is 0 Å². The van der Waals surface area contributed by atoms with Crippen LogP contribution < -0.4 is 0 Å². The topological polar surface area (TPSA) is 31.2 Å². The lowest BCUT2D eigenvalue weighted by molar-refractivity contribution is 0.629. The van der Waals surface area contributed by atoms with E-state index < -0.39 is 0 Å². The lowest BCUT2D eigenvalue weighted by Crippen LogP contribution is -1.94. The molecule has 0 fully saturated rings. The van der Waals surface area contributed by atoms with Crippen LogP contribution in [0.2, 0.25) is 0 Å². The van der Waals surface area contributed by atoms with E-state index in [4.69, 9.17) is 8.83 Å². The van der Waals surface area contributed by atoms with Gasteiger partial charge >= 0.3 is 0 Å². The summed E-state index contributed by atoms with van der Waals surface area (Å²) in [5, 5.41) is 10.5. The Kier molecular flexibility index (Phi) is 7.31. The van der Waals surface area contributed by atoms with Crippen LogP contribution in [0.15, 0.2) is 221 Å². The largest absolute Gasteiger partial charge is 0.455 e. The zero-order chi connectivity index (χ0) is 40.0. The molecule has 3 heterocycles. The Bertz CT molecular complexity index is 3800. The Balaban J connectivity index is 1.08. The van der Waals surface area contributed by atoms with Gasteiger partial charge in [-0.2, -0.15) is 0 Å². The Morgan fingerprint density at radius 3 is 1.51 bits per heavy atom. The first-order valence-electron chi connectivity index (χ1n) is 20.8. The van der Waals surface area contributed by atoms with E-state index in [1.165, 1.54) is 60.0 Å². The highest BCUT2D eigenvalue weighted by Gasteiger charge is 2.25. The fourth-order valence-electron chi connectivity index (χ4n) is 10.1. The Hall–Kier alpha value is -8.14. The first-order valence-corrected chi connectivity index (χ1v) is 20.8. The number of aromatic nitrogens is 1. The number of hydrogen-bond donors (Lipinski definition) is 0. The number of furan rings is 2. The van der Waals surface area contributed by atoms with Crippen molar-refractivity contribution in [2.45, 2.75) is 0 Å². The second-order valence-corrected chi connectivity index (χ2v) is 15.9. The molecule has 0 saturated heterocycles. The molecular weight excluding hydrogens is 743 g/mol. The van der Waals surface area contributed by atoms with Crippen molar-refractivity contribution in [3.8, 4) is 50.4 Å². The molecule has 13 rings (SSSR count). The van der Waals surface area contributed by atoms with Gasteiger partial charge in [0.05, 0.1) is 11.0 Å². The molecule has 0 spiro atoms. The van der Waals surface area contributed by atoms with E-state index in [-0.39, 0.29) is 0 Å². The van der Waals surface area contributed by atoms with Crippen LogP contribution in [0.25, 0.3) is 127 Å². The predicted octanol–water partition coefficient (Wildman–Crippen LogP) is 16.4. The molecule has 3 aromatic heterocycles. The summed E-state index contributed by atoms with van der Waals surface area (Å²) < 4.78 is 16.2. The maximum absolute atomic E-state index is 7.01. The van der Waals surface area contributed by atoms with Crippen molar-refractivity contribution in [3.63, 3.8) is 0 Å². The highest BCUT2D eigenvalue weighted by Crippen LogP contribution is 2.50. The molecule has 0 atom stereocenters. The van der Waals surface area contributed by atoms with Crippen molar-refractivity contribution in [3.05, 3.63) is 212 Å². The monoisotopic (exact) mass is 777 g/mol. The predicted molar refractivity (Wildman–Crippen MR) is 255 cm³/mol. The minimum atomic E-state index is 0.800. The number of rotatable bonds is 5. The Morgan fingerprint density at radius 1 is 0.311 bits per heavy atom. The van der Waals surface area contributed by atoms with Crippen molar-refractivity contribution in [2.24, 2.45) is 0 Å². The molecule has 0 unspecified atom stereocenters. The van der Waals surface area contributed by atoms with E-state index in [9.17, 15) is 0 Å². The summed E-state index contributed by atoms with van der Waals surface area (Å²) in [5.74, 6) is 0.859. The molecule has 0 N–H and O–H groups in total. The SMILES string of the molecule is c1ccc(-c2oc3cc4oc5c(-c6c7ccccc7c(-c7cccc8c7c7ccccc7n8-c7ccccc7)c7ccccc67)cccc5c4cc3c2-c2ccccc2)cc1. The van der Waals surface area contributed by atoms with E-state index in [0.29, 0.717) is 0 Å². The minimum Gasteiger partial charge on any atom is -0.455 e. The molecule has 0 amide bonds. The Morgan fingerprint density at radius 2 is 0.820 bits per heavy atom. The highest BCUT2D eigenvalue weighted by atomic mass is 16.3. The maximum Gasteiger partial charge on any atom is 0.143 e. The second kappa shape index (κ2) is 13.2. The molecule has 284 valence electrons. The van der Waals surface area contributed by atoms with Crippen LogP contribution in [0.5, 0.6) is 0 Å². The van der Waals surface area contributed by atoms with Gasteiger partial charge in [0.1, 0.15) is 22.5 Å². The van der Waals surface area contributed by atoms with Gasteiger partial charge in [-0.25, -0.2) is 0 Å². The number of nitrogens with zero attached hydrogens (tertiary/aromatic N) is 1. The van der Waals surface area contributed by atoms with Crippen LogP contribution in [0.3, 0.4) is 0 Å². The van der Waals surface area contributed by atoms with Gasteiger partial charge in [-0.1, -0.05) is 176 Å². The van der Waals surface area contributed by atoms with Crippen molar-refractivity contribution < 1.29 is 8.83 Å². The maximum atomic E-state index is 7.01. The second-order valence-electron chi connectivity index (χ2n) is 15.9. The average molecular weight is 778 g/mol. The zero-order valence-electron chi connectivity index (χ0n) is 33.0. The van der Waals surface area contributed by atoms with Crippen molar-refractivity contribution in [1.29, 1.82) is 0 Å². The molecule has 3 heteroatoms. The van der Waals surface area contributed by atoms with Gasteiger partial charge < -0.3 is 13.4 Å². The molecule has 61 heavy (non-hydrogen) atoms. The third-order valence-corrected chi connectivity index (χ3v) is 12.6. The smallest absolute Gasteiger partial charge is 0.143 e. The first-order chi connectivity index (χ1) is 30.3. The lowest BCUT2D eigenvalue weighted by atomic mass is 9.84. The van der Waals surface area contributed by atoms with Crippen LogP contribution in [0.4, 0.5) is 0 Å². The first kappa shape index (κ1) is 33.8. The van der Waals surface area contributed by atoms with Gasteiger partial charge in [0.25, 0.3) is 0 Å². The zero-order valence-corrected chi connectivity index (χ0v) is 33.0. The minimum absolute atomic E-state index is 0.800. The molecule has 0 radical (unpaired) electrons. The fourth-order valence-corrected chi connectivity index (χ4v) is 10.1. The molecule has 0 aliphatic heterocycles. The molecule has 13 aromatic rings. The third kappa shape index (κ3) is 4.98. The highest BCUT2D eigenvalue weighted by molar-refractivity contribution is 6.28. The van der Waals surface area contributed by atoms with E-state index >= 15 is 0 Å². The summed E-state index contributed by atoms with van der Waals surface area (Å²) in [5.41, 5.74) is 13.9. The molecule has 0 aliphatic carbocycles. The van der Waals surface area contributed by atoms with Crippen LogP contribution in [0.1, 0.15) is 0 Å². The molecule has 0 bridgehead atoms. The van der Waals surface area contributed by atoms with E-state index in [1.807, 2.05) is 6.07 Å². The summed E-state index contributed by atoms with van der Waals surface area (Å²) in [6.07, 6.45) is 0. The third-order valence-electron chi connectivity index (χ3n) is 12.6. The fraction of sp³-hybridized carbons (Fsp3) is 0. The van der Waals surface area contributed by atoms with Crippen LogP contribution in [-0.2, 0) is 0 Å². The summed E-state index contributed by atoms with van der Waals surface area (Å²) in [4.78, 5) is 0. The Labute approximate surface area is 350 Å². The number of hydrogen-bond acceptors (Lipinski definition) is 2. The van der Waals surface area contributed by atoms with Crippen LogP contribution >= 0.6 is 0 Å². The van der Waals surface area contributed by atoms with Gasteiger partial charge in [0, 0.05) is 60.9 Å². The number of fused-ring (bicyclic) bond motifs is 9. The van der Waals surface area contributed by atoms with E-state index in [0.717, 1.165) is 66.6 Å². The summed E-state index contributed by atoms with van der Waals surface area (Å²) in [6.45, 7) is 0. The molecule has 0 aliphatic rings. The van der Waals surface area contributed by atoms with Gasteiger partial charge in [0.2, 0.25) is 0 Å². The van der Waals surface area contributed by atoms with Crippen LogP contribution in [-0.4, -0.2) is 4.57 Å². The summed E-state index contributed by atoms with van der Waals surface area (Å²) >= 11 is 0. The quantitative estimate of drug-likeness (QED) is 0.163. The van der Waals surface area contributed by atoms with Crippen molar-refractivity contribution in [2.75, 3.05) is 0 Å². The molecule has 3 nitrogen and oxygen atoms in total. The van der Waals surface area contributed by atoms with Crippen molar-refractivity contribution in [1.82, 2.24) is 4.57 Å². The van der Waals surface area contributed by atoms with Gasteiger partial charge in [-0.15, -0.1) is 0 Å². The summed E-state index contributed by atoms with van der Waals surface area (Å²) in [6, 6.07) is 75.9. The molecular formula is C58H35NO2. The lowest BCUT2D eigenvalue weighted by Gasteiger charge is -2.18. The standard InChI is InChI=1S/C58H35NO2/c1-4-18-36(19-5-1)53-48-34-47-43-29-16-31-46(58(43)61-51(47)35-52(48)60-57(53)37-20-6-2-7-21-37)55-41-26-12-10-24-39(41)54(40-25-11-13-27-42(40)55)45-30-17-33-50-56(45)44-28-14-15-32-49(44)59(50)38-22-8-3-9-23-38/h1-35H. The van der Waals surface area contributed by atoms with E-state index in [1.54, 1.807) is 0 Å². The van der Waals surface area contributed by atoms with Crippen LogP contribution in [0, 0.1) is 0 Å². The normalized spacial score (nSPS) is 11.9. The van der Waals surface area contributed by atoms with Crippen molar-refractivity contribution >= 4 is 76.3 Å². The number of benzene rings is 10. The van der Waals surface area contributed by atoms with Gasteiger partial charge in [-0.05, 0) is 68.6 Å².